The largest absolute Gasteiger partial charge is 0.486 e. The van der Waals surface area contributed by atoms with Gasteiger partial charge in [0.2, 0.25) is 10.9 Å². The van der Waals surface area contributed by atoms with Gasteiger partial charge in [-0.15, -0.1) is 11.3 Å². The van der Waals surface area contributed by atoms with Crippen molar-refractivity contribution in [2.45, 2.75) is 13.5 Å². The van der Waals surface area contributed by atoms with E-state index in [0.717, 1.165) is 22.9 Å². The van der Waals surface area contributed by atoms with Gasteiger partial charge < -0.3 is 4.74 Å². The van der Waals surface area contributed by atoms with Gasteiger partial charge >= 0.3 is 0 Å². The van der Waals surface area contributed by atoms with Gasteiger partial charge in [0, 0.05) is 10.9 Å². The molecule has 0 aliphatic heterocycles. The van der Waals surface area contributed by atoms with Crippen molar-refractivity contribution in [3.8, 4) is 5.75 Å². The molecule has 0 unspecified atom stereocenters. The van der Waals surface area contributed by atoms with Gasteiger partial charge in [0.1, 0.15) is 6.61 Å². The smallest absolute Gasteiger partial charge is 0.203 e. The molecule has 0 amide bonds. The van der Waals surface area contributed by atoms with Crippen molar-refractivity contribution in [1.29, 1.82) is 0 Å². The van der Waals surface area contributed by atoms with Crippen LogP contribution in [0.4, 0.5) is 13.9 Å². The zero-order valence-corrected chi connectivity index (χ0v) is 14.2. The number of hydrazone groups is 1. The molecule has 0 aliphatic rings. The fourth-order valence-electron chi connectivity index (χ4n) is 2.10. The van der Waals surface area contributed by atoms with Crippen molar-refractivity contribution in [2.75, 3.05) is 5.43 Å². The number of thiazole rings is 1. The molecule has 1 heterocycles. The highest BCUT2D eigenvalue weighted by atomic mass is 32.1. The van der Waals surface area contributed by atoms with Crippen LogP contribution >= 0.6 is 11.3 Å². The second-order valence-electron chi connectivity index (χ2n) is 5.20. The minimum absolute atomic E-state index is 0.0962. The minimum Gasteiger partial charge on any atom is -0.486 e. The van der Waals surface area contributed by atoms with Crippen molar-refractivity contribution in [2.24, 2.45) is 5.10 Å². The first-order valence-electron chi connectivity index (χ1n) is 7.49. The van der Waals surface area contributed by atoms with Crippen molar-refractivity contribution in [3.05, 3.63) is 76.3 Å². The summed E-state index contributed by atoms with van der Waals surface area (Å²) in [5.41, 5.74) is 5.39. The molecule has 0 saturated carbocycles. The number of hydrogen-bond acceptors (Lipinski definition) is 5. The van der Waals surface area contributed by atoms with Crippen LogP contribution in [0.1, 0.15) is 16.8 Å². The number of anilines is 1. The Morgan fingerprint density at radius 3 is 2.84 bits per heavy atom. The molecule has 4 nitrogen and oxygen atoms in total. The molecular formula is C18H15F2N3OS. The summed E-state index contributed by atoms with van der Waals surface area (Å²) in [4.78, 5) is 4.25. The van der Waals surface area contributed by atoms with Crippen LogP contribution < -0.4 is 10.2 Å². The highest BCUT2D eigenvalue weighted by molar-refractivity contribution is 7.13. The molecule has 0 atom stereocenters. The monoisotopic (exact) mass is 359 g/mol. The molecule has 0 fully saturated rings. The van der Waals surface area contributed by atoms with Crippen LogP contribution in [0.2, 0.25) is 0 Å². The number of aryl methyl sites for hydroxylation is 1. The van der Waals surface area contributed by atoms with Crippen molar-refractivity contribution < 1.29 is 13.5 Å². The lowest BCUT2D eigenvalue weighted by Crippen LogP contribution is -2.02. The third kappa shape index (κ3) is 4.39. The molecule has 0 saturated heterocycles. The Morgan fingerprint density at radius 1 is 1.20 bits per heavy atom. The van der Waals surface area contributed by atoms with Gasteiger partial charge in [-0.05, 0) is 24.6 Å². The molecule has 1 aromatic heterocycles. The maximum atomic E-state index is 13.7. The minimum atomic E-state index is -0.991. The molecule has 2 aromatic carbocycles. The average Bonchev–Trinajstić information content (AvgIpc) is 3.02. The number of hydrogen-bond donors (Lipinski definition) is 1. The molecule has 0 bridgehead atoms. The van der Waals surface area contributed by atoms with Gasteiger partial charge in [-0.3, -0.25) is 5.43 Å². The van der Waals surface area contributed by atoms with Crippen molar-refractivity contribution in [3.63, 3.8) is 0 Å². The Hall–Kier alpha value is -2.80. The number of nitrogens with zero attached hydrogens (tertiary/aromatic N) is 2. The third-order valence-electron chi connectivity index (χ3n) is 3.34. The van der Waals surface area contributed by atoms with Gasteiger partial charge in [-0.25, -0.2) is 9.37 Å². The molecule has 7 heteroatoms. The second-order valence-corrected chi connectivity index (χ2v) is 6.06. The summed E-state index contributed by atoms with van der Waals surface area (Å²) in [6.07, 6.45) is 1.64. The van der Waals surface area contributed by atoms with E-state index in [9.17, 15) is 8.78 Å². The highest BCUT2D eigenvalue weighted by Crippen LogP contribution is 2.21. The van der Waals surface area contributed by atoms with Crippen molar-refractivity contribution in [1.82, 2.24) is 4.98 Å². The SMILES string of the molecule is Cc1csc(NN=Cc2ccccc2COc2cccc(F)c2F)n1. The molecule has 128 valence electrons. The molecule has 0 radical (unpaired) electrons. The fourth-order valence-corrected chi connectivity index (χ4v) is 2.74. The van der Waals surface area contributed by atoms with Crippen LogP contribution in [0.25, 0.3) is 0 Å². The Balaban J connectivity index is 1.69. The van der Waals surface area contributed by atoms with Crippen LogP contribution in [0.5, 0.6) is 5.75 Å². The first-order valence-corrected chi connectivity index (χ1v) is 8.37. The molecule has 0 spiro atoms. The maximum Gasteiger partial charge on any atom is 0.203 e. The van der Waals surface area contributed by atoms with E-state index in [1.807, 2.05) is 36.6 Å². The van der Waals surface area contributed by atoms with E-state index in [-0.39, 0.29) is 12.4 Å². The first kappa shape index (κ1) is 17.0. The zero-order chi connectivity index (χ0) is 17.6. The van der Waals surface area contributed by atoms with Gasteiger partial charge in [0.05, 0.1) is 11.9 Å². The van der Waals surface area contributed by atoms with E-state index < -0.39 is 11.6 Å². The van der Waals surface area contributed by atoms with Crippen LogP contribution in [-0.4, -0.2) is 11.2 Å². The van der Waals surface area contributed by atoms with Crippen LogP contribution in [0.3, 0.4) is 0 Å². The van der Waals surface area contributed by atoms with Gasteiger partial charge in [0.15, 0.2) is 11.6 Å². The Kier molecular flexibility index (Phi) is 5.35. The predicted octanol–water partition coefficient (Wildman–Crippen LogP) is 4.75. The summed E-state index contributed by atoms with van der Waals surface area (Å²) in [6.45, 7) is 2.00. The number of halogens is 2. The third-order valence-corrected chi connectivity index (χ3v) is 4.20. The van der Waals surface area contributed by atoms with E-state index in [4.69, 9.17) is 4.74 Å². The summed E-state index contributed by atoms with van der Waals surface area (Å²) in [6, 6.07) is 11.2. The maximum absolute atomic E-state index is 13.7. The molecule has 0 aliphatic carbocycles. The topological polar surface area (TPSA) is 46.5 Å². The van der Waals surface area contributed by atoms with E-state index in [1.54, 1.807) is 6.21 Å². The Labute approximate surface area is 147 Å². The number of benzene rings is 2. The van der Waals surface area contributed by atoms with Crippen LogP contribution in [0.15, 0.2) is 52.9 Å². The molecular weight excluding hydrogens is 344 g/mol. The highest BCUT2D eigenvalue weighted by Gasteiger charge is 2.09. The standard InChI is InChI=1S/C18H15F2N3OS/c1-12-11-25-18(22-12)23-21-9-13-5-2-3-6-14(13)10-24-16-8-4-7-15(19)17(16)20/h2-9,11H,10H2,1H3,(H,22,23). The number of ether oxygens (including phenoxy) is 1. The quantitative estimate of drug-likeness (QED) is 0.510. The Morgan fingerprint density at radius 2 is 2.04 bits per heavy atom. The van der Waals surface area contributed by atoms with Gasteiger partial charge in [-0.2, -0.15) is 9.49 Å². The number of rotatable bonds is 6. The van der Waals surface area contributed by atoms with E-state index in [2.05, 4.69) is 15.5 Å². The lowest BCUT2D eigenvalue weighted by atomic mass is 10.1. The predicted molar refractivity (Wildman–Crippen MR) is 95.2 cm³/mol. The summed E-state index contributed by atoms with van der Waals surface area (Å²) < 4.78 is 32.3. The van der Waals surface area contributed by atoms with Crippen LogP contribution in [-0.2, 0) is 6.61 Å². The number of aromatic nitrogens is 1. The summed E-state index contributed by atoms with van der Waals surface area (Å²) in [5.74, 6) is -2.05. The summed E-state index contributed by atoms with van der Waals surface area (Å²) in [5, 5.41) is 6.78. The second kappa shape index (κ2) is 7.85. The molecule has 25 heavy (non-hydrogen) atoms. The number of nitrogens with one attached hydrogen (secondary N) is 1. The van der Waals surface area contributed by atoms with E-state index in [0.29, 0.717) is 5.13 Å². The Bertz CT molecular complexity index is 896. The van der Waals surface area contributed by atoms with Gasteiger partial charge in [-0.1, -0.05) is 30.3 Å². The lowest BCUT2D eigenvalue weighted by molar-refractivity contribution is 0.284. The molecule has 1 N–H and O–H groups in total. The van der Waals surface area contributed by atoms with Crippen molar-refractivity contribution >= 4 is 22.7 Å². The van der Waals surface area contributed by atoms with E-state index in [1.165, 1.54) is 23.5 Å². The van der Waals surface area contributed by atoms with E-state index >= 15 is 0 Å². The normalized spacial score (nSPS) is 11.0. The zero-order valence-electron chi connectivity index (χ0n) is 13.4. The summed E-state index contributed by atoms with van der Waals surface area (Å²) >= 11 is 1.46. The summed E-state index contributed by atoms with van der Waals surface area (Å²) in [7, 11) is 0. The molecule has 3 rings (SSSR count). The molecule has 3 aromatic rings. The fraction of sp³-hybridized carbons (Fsp3) is 0.111. The first-order chi connectivity index (χ1) is 12.1. The average molecular weight is 359 g/mol. The van der Waals surface area contributed by atoms with Crippen LogP contribution in [0, 0.1) is 18.6 Å². The van der Waals surface area contributed by atoms with Gasteiger partial charge in [0.25, 0.3) is 0 Å². The lowest BCUT2D eigenvalue weighted by Gasteiger charge is -2.09.